The molecular weight excluding hydrogens is 322 g/mol. The van der Waals surface area contributed by atoms with E-state index in [2.05, 4.69) is 10.3 Å². The summed E-state index contributed by atoms with van der Waals surface area (Å²) in [5.41, 5.74) is 2.26. The summed E-state index contributed by atoms with van der Waals surface area (Å²) in [5.74, 6) is 0.800. The van der Waals surface area contributed by atoms with Gasteiger partial charge >= 0.3 is 0 Å². The maximum Gasteiger partial charge on any atom is 0.145 e. The van der Waals surface area contributed by atoms with Crippen molar-refractivity contribution in [3.8, 4) is 11.8 Å². The quantitative estimate of drug-likeness (QED) is 0.666. The third-order valence-corrected chi connectivity index (χ3v) is 3.91. The first kappa shape index (κ1) is 16.1. The molecule has 0 atom stereocenters. The smallest absolute Gasteiger partial charge is 0.145 e. The minimum atomic E-state index is 0.459. The molecule has 0 aliphatic heterocycles. The van der Waals surface area contributed by atoms with E-state index in [1.807, 2.05) is 42.5 Å². The van der Waals surface area contributed by atoms with Crippen molar-refractivity contribution in [2.75, 3.05) is 18.5 Å². The fourth-order valence-electron chi connectivity index (χ4n) is 2.40. The van der Waals surface area contributed by atoms with E-state index < -0.39 is 0 Å². The Kier molecular flexibility index (Phi) is 5.15. The van der Waals surface area contributed by atoms with Crippen LogP contribution in [0.5, 0.6) is 5.75 Å². The van der Waals surface area contributed by atoms with Gasteiger partial charge in [0.25, 0.3) is 0 Å². The van der Waals surface area contributed by atoms with Gasteiger partial charge in [-0.15, -0.1) is 0 Å². The van der Waals surface area contributed by atoms with E-state index in [0.29, 0.717) is 17.2 Å². The Morgan fingerprint density at radius 3 is 2.88 bits per heavy atom. The number of aromatic nitrogens is 1. The molecule has 24 heavy (non-hydrogen) atoms. The van der Waals surface area contributed by atoms with Gasteiger partial charge in [0.15, 0.2) is 0 Å². The first-order valence-corrected chi connectivity index (χ1v) is 8.06. The predicted octanol–water partition coefficient (Wildman–Crippen LogP) is 4.64. The number of nitriles is 1. The Morgan fingerprint density at radius 1 is 1.17 bits per heavy atom. The monoisotopic (exact) mass is 337 g/mol. The van der Waals surface area contributed by atoms with E-state index in [1.54, 1.807) is 18.3 Å². The molecule has 0 amide bonds. The van der Waals surface area contributed by atoms with Gasteiger partial charge in [-0.25, -0.2) is 0 Å². The summed E-state index contributed by atoms with van der Waals surface area (Å²) in [4.78, 5) is 4.37. The van der Waals surface area contributed by atoms with Crippen molar-refractivity contribution in [3.63, 3.8) is 0 Å². The summed E-state index contributed by atoms with van der Waals surface area (Å²) in [6.07, 6.45) is 2.60. The Balaban J connectivity index is 1.50. The number of halogens is 1. The van der Waals surface area contributed by atoms with Crippen molar-refractivity contribution >= 4 is 28.2 Å². The Labute approximate surface area is 145 Å². The second-order valence-electron chi connectivity index (χ2n) is 5.27. The standard InChI is InChI=1S/C19H16ClN3O/c20-17-12-16(8-7-15(17)13-21)22-10-3-11-24-18-6-1-4-14-5-2-9-23-19(14)18/h1-2,4-9,12,22H,3,10-11H2. The Morgan fingerprint density at radius 2 is 2.04 bits per heavy atom. The number of rotatable bonds is 6. The van der Waals surface area contributed by atoms with Crippen molar-refractivity contribution in [2.45, 2.75) is 6.42 Å². The first-order valence-electron chi connectivity index (χ1n) is 7.68. The number of nitrogens with zero attached hydrogens (tertiary/aromatic N) is 2. The fraction of sp³-hybridized carbons (Fsp3) is 0.158. The number of benzene rings is 2. The highest BCUT2D eigenvalue weighted by molar-refractivity contribution is 6.32. The Bertz CT molecular complexity index is 884. The summed E-state index contributed by atoms with van der Waals surface area (Å²) >= 11 is 6.01. The first-order chi connectivity index (χ1) is 11.8. The van der Waals surface area contributed by atoms with Gasteiger partial charge in [0.1, 0.15) is 17.3 Å². The van der Waals surface area contributed by atoms with Crippen LogP contribution in [0.15, 0.2) is 54.7 Å². The van der Waals surface area contributed by atoms with Crippen LogP contribution < -0.4 is 10.1 Å². The number of fused-ring (bicyclic) bond motifs is 1. The van der Waals surface area contributed by atoms with Gasteiger partial charge in [-0.2, -0.15) is 5.26 Å². The lowest BCUT2D eigenvalue weighted by Crippen LogP contribution is -2.07. The van der Waals surface area contributed by atoms with Crippen molar-refractivity contribution in [1.82, 2.24) is 4.98 Å². The van der Waals surface area contributed by atoms with Gasteiger partial charge in [-0.1, -0.05) is 29.8 Å². The predicted molar refractivity (Wildman–Crippen MR) is 96.5 cm³/mol. The van der Waals surface area contributed by atoms with Crippen LogP contribution in [0.2, 0.25) is 5.02 Å². The molecule has 0 unspecified atom stereocenters. The van der Waals surface area contributed by atoms with Crippen LogP contribution in [0.3, 0.4) is 0 Å². The average Bonchev–Trinajstić information content (AvgIpc) is 2.62. The van der Waals surface area contributed by atoms with Crippen LogP contribution in [0.1, 0.15) is 12.0 Å². The van der Waals surface area contributed by atoms with Gasteiger partial charge in [0.05, 0.1) is 17.2 Å². The van der Waals surface area contributed by atoms with Crippen LogP contribution in [0.25, 0.3) is 10.9 Å². The molecule has 1 N–H and O–H groups in total. The van der Waals surface area contributed by atoms with E-state index >= 15 is 0 Å². The molecule has 3 aromatic rings. The van der Waals surface area contributed by atoms with E-state index in [9.17, 15) is 0 Å². The third-order valence-electron chi connectivity index (χ3n) is 3.59. The van der Waals surface area contributed by atoms with E-state index in [4.69, 9.17) is 21.6 Å². The molecule has 0 saturated carbocycles. The van der Waals surface area contributed by atoms with Crippen LogP contribution in [-0.2, 0) is 0 Å². The number of hydrogen-bond acceptors (Lipinski definition) is 4. The van der Waals surface area contributed by atoms with Crippen LogP contribution in [0.4, 0.5) is 5.69 Å². The molecule has 5 heteroatoms. The summed E-state index contributed by atoms with van der Waals surface area (Å²) in [6.45, 7) is 1.34. The van der Waals surface area contributed by atoms with E-state index in [-0.39, 0.29) is 0 Å². The van der Waals surface area contributed by atoms with Crippen molar-refractivity contribution in [2.24, 2.45) is 0 Å². The number of hydrogen-bond donors (Lipinski definition) is 1. The summed E-state index contributed by atoms with van der Waals surface area (Å²) in [6, 6.07) is 17.2. The molecule has 0 radical (unpaired) electrons. The summed E-state index contributed by atoms with van der Waals surface area (Å²) in [5, 5.41) is 13.7. The van der Waals surface area contributed by atoms with Crippen molar-refractivity contribution in [3.05, 3.63) is 65.3 Å². The minimum absolute atomic E-state index is 0.459. The second-order valence-corrected chi connectivity index (χ2v) is 5.67. The number of pyridine rings is 1. The van der Waals surface area contributed by atoms with Crippen LogP contribution in [0, 0.1) is 11.3 Å². The van der Waals surface area contributed by atoms with Gasteiger partial charge < -0.3 is 10.1 Å². The third kappa shape index (κ3) is 3.76. The van der Waals surface area contributed by atoms with Crippen molar-refractivity contribution in [1.29, 1.82) is 5.26 Å². The van der Waals surface area contributed by atoms with Gasteiger partial charge in [-0.05, 0) is 36.8 Å². The SMILES string of the molecule is N#Cc1ccc(NCCCOc2cccc3cccnc23)cc1Cl. The van der Waals surface area contributed by atoms with E-state index in [0.717, 1.165) is 35.3 Å². The number of anilines is 1. The highest BCUT2D eigenvalue weighted by atomic mass is 35.5. The second kappa shape index (κ2) is 7.67. The zero-order valence-electron chi connectivity index (χ0n) is 13.0. The lowest BCUT2D eigenvalue weighted by molar-refractivity contribution is 0.318. The Hall–Kier alpha value is -2.77. The van der Waals surface area contributed by atoms with E-state index in [1.165, 1.54) is 0 Å². The molecule has 0 saturated heterocycles. The minimum Gasteiger partial charge on any atom is -0.491 e. The largest absolute Gasteiger partial charge is 0.491 e. The normalized spacial score (nSPS) is 10.3. The molecule has 120 valence electrons. The molecule has 4 nitrogen and oxygen atoms in total. The molecule has 0 bridgehead atoms. The summed E-state index contributed by atoms with van der Waals surface area (Å²) < 4.78 is 5.85. The fourth-order valence-corrected chi connectivity index (χ4v) is 2.62. The molecular formula is C19H16ClN3O. The molecule has 3 rings (SSSR count). The van der Waals surface area contributed by atoms with Crippen molar-refractivity contribution < 1.29 is 4.74 Å². The van der Waals surface area contributed by atoms with Gasteiger partial charge in [0, 0.05) is 23.8 Å². The molecule has 0 aliphatic carbocycles. The van der Waals surface area contributed by atoms with Crippen LogP contribution >= 0.6 is 11.6 Å². The van der Waals surface area contributed by atoms with Crippen LogP contribution in [-0.4, -0.2) is 18.1 Å². The lowest BCUT2D eigenvalue weighted by Gasteiger charge is -2.10. The molecule has 0 aliphatic rings. The molecule has 0 spiro atoms. The average molecular weight is 338 g/mol. The summed E-state index contributed by atoms with van der Waals surface area (Å²) in [7, 11) is 0. The molecule has 2 aromatic carbocycles. The zero-order chi connectivity index (χ0) is 16.8. The number of nitrogens with one attached hydrogen (secondary N) is 1. The molecule has 1 aromatic heterocycles. The maximum atomic E-state index is 8.86. The lowest BCUT2D eigenvalue weighted by atomic mass is 10.2. The van der Waals surface area contributed by atoms with Gasteiger partial charge in [0.2, 0.25) is 0 Å². The highest BCUT2D eigenvalue weighted by Crippen LogP contribution is 2.23. The number of ether oxygens (including phenoxy) is 1. The molecule has 0 fully saturated rings. The number of para-hydroxylation sites is 1. The highest BCUT2D eigenvalue weighted by Gasteiger charge is 2.03. The zero-order valence-corrected chi connectivity index (χ0v) is 13.8. The topological polar surface area (TPSA) is 57.9 Å². The molecule has 1 heterocycles. The van der Waals surface area contributed by atoms with Gasteiger partial charge in [-0.3, -0.25) is 4.98 Å². The maximum absolute atomic E-state index is 8.86.